The largest absolute Gasteiger partial charge is 0.462 e. The summed E-state index contributed by atoms with van der Waals surface area (Å²) in [5.74, 6) is -0.682. The quantitative estimate of drug-likeness (QED) is 0.208. The lowest BCUT2D eigenvalue weighted by atomic mass is 10.2. The van der Waals surface area contributed by atoms with Gasteiger partial charge in [-0.2, -0.15) is 0 Å². The molecule has 2 amide bonds. The highest BCUT2D eigenvalue weighted by Gasteiger charge is 2.16. The SMILES string of the molecule is CCCCOC(=O)c1ccc(NC(=O)C(C)Sc2cccc(NC(=O)c3cccs3)c2)cc1. The standard InChI is InChI=1S/C25H26N2O4S2/c1-3-4-14-31-25(30)18-10-12-19(13-11-18)26-23(28)17(2)33-21-8-5-7-20(16-21)27-24(29)22-9-6-15-32-22/h5-13,15-17H,3-4,14H2,1-2H3,(H,26,28)(H,27,29). The number of esters is 1. The van der Waals surface area contributed by atoms with E-state index in [1.807, 2.05) is 49.6 Å². The Morgan fingerprint density at radius 2 is 1.79 bits per heavy atom. The number of anilines is 2. The molecule has 0 bridgehead atoms. The average molecular weight is 483 g/mol. The summed E-state index contributed by atoms with van der Waals surface area (Å²) < 4.78 is 5.19. The summed E-state index contributed by atoms with van der Waals surface area (Å²) in [6.45, 7) is 4.25. The Balaban J connectivity index is 1.53. The van der Waals surface area contributed by atoms with Crippen molar-refractivity contribution in [2.45, 2.75) is 36.8 Å². The van der Waals surface area contributed by atoms with Crippen LogP contribution in [0.15, 0.2) is 70.9 Å². The molecule has 0 saturated heterocycles. The fourth-order valence-electron chi connectivity index (χ4n) is 2.83. The minimum Gasteiger partial charge on any atom is -0.462 e. The third-order valence-electron chi connectivity index (χ3n) is 4.64. The van der Waals surface area contributed by atoms with Gasteiger partial charge in [-0.15, -0.1) is 23.1 Å². The Morgan fingerprint density at radius 3 is 2.48 bits per heavy atom. The van der Waals surface area contributed by atoms with Crippen molar-refractivity contribution in [3.8, 4) is 0 Å². The minimum atomic E-state index is -0.369. The molecule has 0 spiro atoms. The summed E-state index contributed by atoms with van der Waals surface area (Å²) >= 11 is 2.77. The second-order valence-electron chi connectivity index (χ2n) is 7.28. The summed E-state index contributed by atoms with van der Waals surface area (Å²) in [6, 6.07) is 17.7. The average Bonchev–Trinajstić information content (AvgIpc) is 3.35. The number of unbranched alkanes of at least 4 members (excludes halogenated alkanes) is 1. The summed E-state index contributed by atoms with van der Waals surface area (Å²) in [6.07, 6.45) is 1.79. The van der Waals surface area contributed by atoms with E-state index in [2.05, 4.69) is 10.6 Å². The number of thiophene rings is 1. The van der Waals surface area contributed by atoms with E-state index in [1.54, 1.807) is 30.3 Å². The van der Waals surface area contributed by atoms with Gasteiger partial charge in [0.25, 0.3) is 5.91 Å². The number of rotatable bonds is 10. The molecule has 33 heavy (non-hydrogen) atoms. The zero-order valence-electron chi connectivity index (χ0n) is 18.5. The maximum absolute atomic E-state index is 12.6. The lowest BCUT2D eigenvalue weighted by Crippen LogP contribution is -2.22. The van der Waals surface area contributed by atoms with Crippen molar-refractivity contribution in [2.24, 2.45) is 0 Å². The van der Waals surface area contributed by atoms with Gasteiger partial charge >= 0.3 is 5.97 Å². The van der Waals surface area contributed by atoms with E-state index in [4.69, 9.17) is 4.74 Å². The van der Waals surface area contributed by atoms with Crippen LogP contribution in [0.25, 0.3) is 0 Å². The predicted molar refractivity (Wildman–Crippen MR) is 134 cm³/mol. The fraction of sp³-hybridized carbons (Fsp3) is 0.240. The third-order valence-corrected chi connectivity index (χ3v) is 6.60. The molecule has 2 aromatic carbocycles. The number of hydrogen-bond acceptors (Lipinski definition) is 6. The fourth-order valence-corrected chi connectivity index (χ4v) is 4.38. The number of carbonyl (C=O) groups excluding carboxylic acids is 3. The molecule has 0 fully saturated rings. The van der Waals surface area contributed by atoms with Crippen molar-refractivity contribution in [1.29, 1.82) is 0 Å². The first-order valence-electron chi connectivity index (χ1n) is 10.7. The molecule has 0 aliphatic rings. The van der Waals surface area contributed by atoms with Crippen LogP contribution in [0.4, 0.5) is 11.4 Å². The van der Waals surface area contributed by atoms with Crippen molar-refractivity contribution in [3.63, 3.8) is 0 Å². The minimum absolute atomic E-state index is 0.157. The molecule has 0 radical (unpaired) electrons. The summed E-state index contributed by atoms with van der Waals surface area (Å²) in [5.41, 5.74) is 1.73. The summed E-state index contributed by atoms with van der Waals surface area (Å²) in [5, 5.41) is 7.23. The number of hydrogen-bond donors (Lipinski definition) is 2. The van der Waals surface area contributed by atoms with Crippen LogP contribution in [0, 0.1) is 0 Å². The van der Waals surface area contributed by atoms with Gasteiger partial charge < -0.3 is 15.4 Å². The van der Waals surface area contributed by atoms with Gasteiger partial charge in [-0.1, -0.05) is 25.5 Å². The van der Waals surface area contributed by atoms with Crippen LogP contribution < -0.4 is 10.6 Å². The lowest BCUT2D eigenvalue weighted by Gasteiger charge is -2.13. The van der Waals surface area contributed by atoms with Crippen LogP contribution in [0.2, 0.25) is 0 Å². The van der Waals surface area contributed by atoms with Gasteiger partial charge in [0.1, 0.15) is 0 Å². The zero-order valence-corrected chi connectivity index (χ0v) is 20.1. The van der Waals surface area contributed by atoms with Crippen molar-refractivity contribution < 1.29 is 19.1 Å². The molecule has 1 heterocycles. The number of ether oxygens (including phenoxy) is 1. The van der Waals surface area contributed by atoms with Crippen molar-refractivity contribution >= 4 is 52.3 Å². The van der Waals surface area contributed by atoms with Crippen molar-refractivity contribution in [3.05, 3.63) is 76.5 Å². The first-order valence-corrected chi connectivity index (χ1v) is 12.4. The van der Waals surface area contributed by atoms with E-state index in [0.717, 1.165) is 17.7 Å². The molecule has 0 aliphatic carbocycles. The van der Waals surface area contributed by atoms with E-state index >= 15 is 0 Å². The predicted octanol–water partition coefficient (Wildman–Crippen LogP) is 6.08. The van der Waals surface area contributed by atoms with Gasteiger partial charge in [-0.05, 0) is 67.3 Å². The maximum atomic E-state index is 12.6. The first kappa shape index (κ1) is 24.5. The molecule has 1 atom stereocenters. The Bertz CT molecular complexity index is 1080. The van der Waals surface area contributed by atoms with E-state index in [-0.39, 0.29) is 23.0 Å². The Kier molecular flexibility index (Phi) is 9.09. The Labute approximate surface area is 201 Å². The van der Waals surface area contributed by atoms with Crippen LogP contribution in [0.1, 0.15) is 46.7 Å². The zero-order chi connectivity index (χ0) is 23.6. The number of thioether (sulfide) groups is 1. The van der Waals surface area contributed by atoms with Crippen molar-refractivity contribution in [2.75, 3.05) is 17.2 Å². The van der Waals surface area contributed by atoms with Gasteiger partial charge in [0.15, 0.2) is 0 Å². The van der Waals surface area contributed by atoms with Crippen LogP contribution >= 0.6 is 23.1 Å². The third kappa shape index (κ3) is 7.47. The molecule has 6 nitrogen and oxygen atoms in total. The highest BCUT2D eigenvalue weighted by atomic mass is 32.2. The van der Waals surface area contributed by atoms with Crippen LogP contribution in [-0.2, 0) is 9.53 Å². The Hall–Kier alpha value is -3.10. The van der Waals surface area contributed by atoms with Crippen molar-refractivity contribution in [1.82, 2.24) is 0 Å². The number of benzene rings is 2. The highest BCUT2D eigenvalue weighted by Crippen LogP contribution is 2.27. The molecule has 172 valence electrons. The monoisotopic (exact) mass is 482 g/mol. The molecular weight excluding hydrogens is 456 g/mol. The van der Waals surface area contributed by atoms with E-state index in [1.165, 1.54) is 23.1 Å². The normalized spacial score (nSPS) is 11.5. The molecule has 0 aliphatic heterocycles. The van der Waals surface area contributed by atoms with E-state index in [9.17, 15) is 14.4 Å². The second-order valence-corrected chi connectivity index (χ2v) is 9.64. The lowest BCUT2D eigenvalue weighted by molar-refractivity contribution is -0.115. The number of nitrogens with one attached hydrogen (secondary N) is 2. The smallest absolute Gasteiger partial charge is 0.338 e. The first-order chi connectivity index (χ1) is 16.0. The number of amides is 2. The van der Waals surface area contributed by atoms with Gasteiger partial charge in [0.2, 0.25) is 5.91 Å². The second kappa shape index (κ2) is 12.2. The summed E-state index contributed by atoms with van der Waals surface area (Å²) in [4.78, 5) is 38.4. The number of carbonyl (C=O) groups is 3. The van der Waals surface area contributed by atoms with Crippen LogP contribution in [-0.4, -0.2) is 29.6 Å². The molecule has 2 N–H and O–H groups in total. The van der Waals surface area contributed by atoms with Gasteiger partial charge in [0, 0.05) is 16.3 Å². The molecule has 1 aromatic heterocycles. The van der Waals surface area contributed by atoms with Gasteiger partial charge in [-0.3, -0.25) is 9.59 Å². The van der Waals surface area contributed by atoms with E-state index < -0.39 is 0 Å². The van der Waals surface area contributed by atoms with Gasteiger partial charge in [-0.25, -0.2) is 4.79 Å². The van der Waals surface area contributed by atoms with Crippen LogP contribution in [0.5, 0.6) is 0 Å². The van der Waals surface area contributed by atoms with E-state index in [0.29, 0.717) is 28.4 Å². The molecular formula is C25H26N2O4S2. The Morgan fingerprint density at radius 1 is 1.00 bits per heavy atom. The van der Waals surface area contributed by atoms with Crippen LogP contribution in [0.3, 0.4) is 0 Å². The molecule has 1 unspecified atom stereocenters. The molecule has 3 rings (SSSR count). The topological polar surface area (TPSA) is 84.5 Å². The molecule has 3 aromatic rings. The van der Waals surface area contributed by atoms with Gasteiger partial charge in [0.05, 0.1) is 22.3 Å². The summed E-state index contributed by atoms with van der Waals surface area (Å²) in [7, 11) is 0. The maximum Gasteiger partial charge on any atom is 0.338 e. The molecule has 0 saturated carbocycles. The highest BCUT2D eigenvalue weighted by molar-refractivity contribution is 8.00. The molecule has 8 heteroatoms.